The van der Waals surface area contributed by atoms with Crippen molar-refractivity contribution in [2.24, 2.45) is 11.8 Å². The predicted octanol–water partition coefficient (Wildman–Crippen LogP) is 5.67. The number of hydrogen-bond donors (Lipinski definition) is 2. The molecule has 4 aromatic rings. The highest BCUT2D eigenvalue weighted by Crippen LogP contribution is 2.28. The van der Waals surface area contributed by atoms with Crippen molar-refractivity contribution >= 4 is 44.6 Å². The first-order chi connectivity index (χ1) is 25.3. The number of nitrogens with one attached hydrogen (secondary N) is 1. The van der Waals surface area contributed by atoms with Crippen molar-refractivity contribution in [3.63, 3.8) is 0 Å². The standard InChI is InChI=1S/C38H50N6O6S3/c1-7-26(4)35(44-18-17-42(38(44)47)21-29-23-52-37(40-29)33-24-51-27(5)39-33)36(46)41-32(19-28-11-9-8-10-12-28)34(45)22-43(20-25(2)3)53(48,49)31-15-13-30(50-6)14-16-31/h8-16,23-26,32,34-35,45H,7,17-22H2,1-6H3,(H,41,46)/t26-,32-,34-,35-/m0/s1. The number of hydrogen-bond acceptors (Lipinski definition) is 10. The normalized spacial score (nSPS) is 15.9. The first-order valence-corrected chi connectivity index (χ1v) is 21.1. The highest BCUT2D eigenvalue weighted by atomic mass is 32.2. The van der Waals surface area contributed by atoms with Crippen molar-refractivity contribution in [1.29, 1.82) is 0 Å². The van der Waals surface area contributed by atoms with E-state index in [1.165, 1.54) is 34.9 Å². The third-order valence-electron chi connectivity index (χ3n) is 9.40. The summed E-state index contributed by atoms with van der Waals surface area (Å²) in [6, 6.07) is 13.7. The van der Waals surface area contributed by atoms with Crippen LogP contribution in [0.25, 0.3) is 10.7 Å². The maximum atomic E-state index is 14.4. The van der Waals surface area contributed by atoms with Gasteiger partial charge in [0.2, 0.25) is 15.9 Å². The number of aliphatic hydroxyl groups is 1. The van der Waals surface area contributed by atoms with Crippen LogP contribution in [-0.4, -0.2) is 101 Å². The predicted molar refractivity (Wildman–Crippen MR) is 208 cm³/mol. The van der Waals surface area contributed by atoms with Crippen LogP contribution in [0, 0.1) is 18.8 Å². The molecule has 1 saturated heterocycles. The average molecular weight is 783 g/mol. The minimum Gasteiger partial charge on any atom is -0.497 e. The number of carbonyl (C=O) groups is 2. The van der Waals surface area contributed by atoms with Crippen LogP contribution in [0.2, 0.25) is 0 Å². The van der Waals surface area contributed by atoms with E-state index in [4.69, 9.17) is 9.72 Å². The molecule has 2 aromatic heterocycles. The summed E-state index contributed by atoms with van der Waals surface area (Å²) >= 11 is 3.05. The van der Waals surface area contributed by atoms with Crippen LogP contribution in [0.4, 0.5) is 4.79 Å². The molecule has 12 nitrogen and oxygen atoms in total. The van der Waals surface area contributed by atoms with Gasteiger partial charge in [-0.25, -0.2) is 23.2 Å². The Morgan fingerprint density at radius 2 is 1.74 bits per heavy atom. The van der Waals surface area contributed by atoms with Gasteiger partial charge in [-0.3, -0.25) is 4.79 Å². The Balaban J connectivity index is 1.35. The van der Waals surface area contributed by atoms with E-state index in [1.807, 2.05) is 75.7 Å². The van der Waals surface area contributed by atoms with Gasteiger partial charge in [0.1, 0.15) is 22.5 Å². The number of aromatic nitrogens is 2. The minimum absolute atomic E-state index is 0.0383. The molecule has 0 radical (unpaired) electrons. The number of amides is 3. The Morgan fingerprint density at radius 1 is 1.02 bits per heavy atom. The number of rotatable bonds is 18. The molecule has 2 aromatic carbocycles. The molecule has 0 unspecified atom stereocenters. The number of thiazole rings is 2. The zero-order valence-electron chi connectivity index (χ0n) is 31.1. The fourth-order valence-corrected chi connectivity index (χ4v) is 9.48. The number of ether oxygens (including phenoxy) is 1. The van der Waals surface area contributed by atoms with Gasteiger partial charge in [0, 0.05) is 36.9 Å². The van der Waals surface area contributed by atoms with Crippen LogP contribution in [0.5, 0.6) is 5.75 Å². The van der Waals surface area contributed by atoms with Crippen LogP contribution < -0.4 is 10.1 Å². The number of benzene rings is 2. The van der Waals surface area contributed by atoms with E-state index >= 15 is 0 Å². The van der Waals surface area contributed by atoms with Gasteiger partial charge in [-0.05, 0) is 55.0 Å². The van der Waals surface area contributed by atoms with Crippen molar-refractivity contribution in [1.82, 2.24) is 29.4 Å². The van der Waals surface area contributed by atoms with E-state index < -0.39 is 34.1 Å². The summed E-state index contributed by atoms with van der Waals surface area (Å²) in [5.74, 6) is -0.0963. The van der Waals surface area contributed by atoms with Gasteiger partial charge in [-0.15, -0.1) is 22.7 Å². The summed E-state index contributed by atoms with van der Waals surface area (Å²) in [5.41, 5.74) is 2.45. The third kappa shape index (κ3) is 10.0. The summed E-state index contributed by atoms with van der Waals surface area (Å²) in [7, 11) is -2.50. The van der Waals surface area contributed by atoms with Crippen molar-refractivity contribution in [3.8, 4) is 16.5 Å². The summed E-state index contributed by atoms with van der Waals surface area (Å²) in [6.07, 6.45) is -0.378. The Kier molecular flexibility index (Phi) is 13.7. The van der Waals surface area contributed by atoms with Crippen LogP contribution in [-0.2, 0) is 27.8 Å². The number of carbonyl (C=O) groups excluding carboxylic acids is 2. The lowest BCUT2D eigenvalue weighted by Crippen LogP contribution is -2.57. The zero-order valence-corrected chi connectivity index (χ0v) is 33.6. The second-order valence-electron chi connectivity index (χ2n) is 13.9. The largest absolute Gasteiger partial charge is 0.497 e. The first kappa shape index (κ1) is 40.3. The molecule has 0 bridgehead atoms. The Morgan fingerprint density at radius 3 is 2.36 bits per heavy atom. The molecular weight excluding hydrogens is 733 g/mol. The van der Waals surface area contributed by atoms with E-state index in [9.17, 15) is 23.1 Å². The molecule has 0 spiro atoms. The lowest BCUT2D eigenvalue weighted by Gasteiger charge is -2.35. The molecule has 3 amide bonds. The molecule has 53 heavy (non-hydrogen) atoms. The molecule has 2 N–H and O–H groups in total. The summed E-state index contributed by atoms with van der Waals surface area (Å²) in [6.45, 7) is 10.7. The van der Waals surface area contributed by atoms with E-state index in [0.717, 1.165) is 27.0 Å². The number of urea groups is 1. The van der Waals surface area contributed by atoms with E-state index in [-0.39, 0.29) is 42.3 Å². The van der Waals surface area contributed by atoms with Gasteiger partial charge in [-0.1, -0.05) is 64.4 Å². The summed E-state index contributed by atoms with van der Waals surface area (Å²) < 4.78 is 34.3. The zero-order chi connectivity index (χ0) is 38.3. The van der Waals surface area contributed by atoms with Crippen molar-refractivity contribution in [2.75, 3.05) is 33.3 Å². The quantitative estimate of drug-likeness (QED) is 0.131. The molecule has 4 atom stereocenters. The van der Waals surface area contributed by atoms with Crippen molar-refractivity contribution in [3.05, 3.63) is 81.6 Å². The molecule has 3 heterocycles. The Bertz CT molecular complexity index is 1920. The number of nitrogens with zero attached hydrogens (tertiary/aromatic N) is 5. The summed E-state index contributed by atoms with van der Waals surface area (Å²) in [5, 5.41) is 20.6. The van der Waals surface area contributed by atoms with Crippen molar-refractivity contribution < 1.29 is 27.9 Å². The molecule has 1 aliphatic heterocycles. The second-order valence-corrected chi connectivity index (χ2v) is 17.7. The summed E-state index contributed by atoms with van der Waals surface area (Å²) in [4.78, 5) is 40.9. The molecule has 286 valence electrons. The lowest BCUT2D eigenvalue weighted by atomic mass is 9.95. The lowest BCUT2D eigenvalue weighted by molar-refractivity contribution is -0.128. The number of aryl methyl sites for hydroxylation is 1. The molecule has 5 rings (SSSR count). The highest BCUT2D eigenvalue weighted by molar-refractivity contribution is 7.89. The van der Waals surface area contributed by atoms with E-state index in [1.54, 1.807) is 33.3 Å². The monoisotopic (exact) mass is 782 g/mol. The molecule has 0 saturated carbocycles. The van der Waals surface area contributed by atoms with Crippen LogP contribution in [0.1, 0.15) is 50.4 Å². The maximum Gasteiger partial charge on any atom is 0.321 e. The van der Waals surface area contributed by atoms with Gasteiger partial charge in [0.15, 0.2) is 0 Å². The van der Waals surface area contributed by atoms with Gasteiger partial charge in [0.25, 0.3) is 0 Å². The number of methoxy groups -OCH3 is 1. The Hall–Kier alpha value is -3.89. The Labute approximate surface area is 320 Å². The fourth-order valence-electron chi connectivity index (χ4n) is 6.42. The van der Waals surface area contributed by atoms with Gasteiger partial charge < -0.3 is 25.0 Å². The van der Waals surface area contributed by atoms with E-state index in [0.29, 0.717) is 31.8 Å². The minimum atomic E-state index is -4.01. The van der Waals surface area contributed by atoms with Gasteiger partial charge in [-0.2, -0.15) is 4.31 Å². The second kappa shape index (κ2) is 18.0. The van der Waals surface area contributed by atoms with Crippen LogP contribution in [0.15, 0.2) is 70.3 Å². The van der Waals surface area contributed by atoms with Crippen LogP contribution in [0.3, 0.4) is 0 Å². The topological polar surface area (TPSA) is 145 Å². The van der Waals surface area contributed by atoms with Gasteiger partial charge in [0.05, 0.1) is 41.4 Å². The molecule has 15 heteroatoms. The van der Waals surface area contributed by atoms with Crippen LogP contribution >= 0.6 is 22.7 Å². The first-order valence-electron chi connectivity index (χ1n) is 17.9. The average Bonchev–Trinajstić information content (AvgIpc) is 3.88. The third-order valence-corrected chi connectivity index (χ3v) is 12.9. The highest BCUT2D eigenvalue weighted by Gasteiger charge is 2.41. The molecule has 0 aliphatic carbocycles. The smallest absolute Gasteiger partial charge is 0.321 e. The SMILES string of the molecule is CC[C@H](C)[C@@H](C(=O)N[C@@H](Cc1ccccc1)[C@@H](O)CN(CC(C)C)S(=O)(=O)c1ccc(OC)cc1)N1CCN(Cc2csc(-c3csc(C)n3)n2)C1=O. The van der Waals surface area contributed by atoms with Gasteiger partial charge >= 0.3 is 6.03 Å². The van der Waals surface area contributed by atoms with Crippen molar-refractivity contribution in [2.45, 2.75) is 77.1 Å². The number of aliphatic hydroxyl groups excluding tert-OH is 1. The molecule has 1 aliphatic rings. The number of sulfonamides is 1. The van der Waals surface area contributed by atoms with E-state index in [2.05, 4.69) is 10.3 Å². The molecular formula is C38H50N6O6S3. The maximum absolute atomic E-state index is 14.4. The fraction of sp³-hybridized carbons (Fsp3) is 0.474. The molecule has 1 fully saturated rings.